The third-order valence-corrected chi connectivity index (χ3v) is 7.34. The van der Waals surface area contributed by atoms with Crippen LogP contribution in [-0.4, -0.2) is 67.2 Å². The number of alkyl halides is 3. The highest BCUT2D eigenvalue weighted by Crippen LogP contribution is 2.46. The maximum atomic E-state index is 13.4. The first kappa shape index (κ1) is 26.2. The van der Waals surface area contributed by atoms with Crippen LogP contribution in [0.15, 0.2) is 54.6 Å². The average molecular weight is 503 g/mol. The fourth-order valence-electron chi connectivity index (χ4n) is 5.27. The third kappa shape index (κ3) is 6.66. The lowest BCUT2D eigenvalue weighted by atomic mass is 9.95. The van der Waals surface area contributed by atoms with Crippen molar-refractivity contribution in [3.8, 4) is 0 Å². The smallest absolute Gasteiger partial charge is 0.465 e. The summed E-state index contributed by atoms with van der Waals surface area (Å²) in [6.45, 7) is 2.68. The van der Waals surface area contributed by atoms with Crippen LogP contribution in [0, 0.1) is 5.92 Å². The van der Waals surface area contributed by atoms with Crippen molar-refractivity contribution in [1.82, 2.24) is 9.80 Å². The SMILES string of the molecule is COC(=O)c1cccc(CCCN2CCC(CN(C(=O)C(F)(F)F)C3C[C@@H]3c3ccccc3)CC2)c1. The summed E-state index contributed by atoms with van der Waals surface area (Å²) in [5.41, 5.74) is 2.61. The molecule has 194 valence electrons. The van der Waals surface area contributed by atoms with E-state index in [0.29, 0.717) is 12.0 Å². The number of hydrogen-bond donors (Lipinski definition) is 0. The van der Waals surface area contributed by atoms with Gasteiger partial charge in [-0.15, -0.1) is 0 Å². The number of rotatable bonds is 9. The van der Waals surface area contributed by atoms with Crippen LogP contribution in [0.3, 0.4) is 0 Å². The highest BCUT2D eigenvalue weighted by atomic mass is 19.4. The van der Waals surface area contributed by atoms with Gasteiger partial charge < -0.3 is 14.5 Å². The Morgan fingerprint density at radius 3 is 2.44 bits per heavy atom. The van der Waals surface area contributed by atoms with Crippen LogP contribution in [-0.2, 0) is 16.0 Å². The van der Waals surface area contributed by atoms with Gasteiger partial charge in [-0.25, -0.2) is 4.79 Å². The average Bonchev–Trinajstić information content (AvgIpc) is 3.68. The van der Waals surface area contributed by atoms with Crippen LogP contribution in [0.2, 0.25) is 0 Å². The fraction of sp³-hybridized carbons (Fsp3) is 0.500. The zero-order valence-electron chi connectivity index (χ0n) is 20.5. The molecule has 1 aliphatic carbocycles. The predicted octanol–water partition coefficient (Wildman–Crippen LogP) is 5.06. The summed E-state index contributed by atoms with van der Waals surface area (Å²) in [6.07, 6.45) is -0.947. The number of aryl methyl sites for hydroxylation is 1. The zero-order valence-corrected chi connectivity index (χ0v) is 20.5. The monoisotopic (exact) mass is 502 g/mol. The van der Waals surface area contributed by atoms with Gasteiger partial charge in [-0.05, 0) is 80.9 Å². The second-order valence-corrected chi connectivity index (χ2v) is 9.86. The number of amides is 1. The molecule has 8 heteroatoms. The molecule has 1 saturated carbocycles. The molecule has 0 aromatic heterocycles. The second-order valence-electron chi connectivity index (χ2n) is 9.86. The Kier molecular flexibility index (Phi) is 8.34. The molecule has 0 N–H and O–H groups in total. The number of hydrogen-bond acceptors (Lipinski definition) is 4. The van der Waals surface area contributed by atoms with Gasteiger partial charge in [0.1, 0.15) is 0 Å². The van der Waals surface area contributed by atoms with Crippen LogP contribution in [0.5, 0.6) is 0 Å². The largest absolute Gasteiger partial charge is 0.471 e. The van der Waals surface area contributed by atoms with Crippen molar-refractivity contribution in [1.29, 1.82) is 0 Å². The van der Waals surface area contributed by atoms with Crippen LogP contribution in [0.1, 0.15) is 53.1 Å². The minimum Gasteiger partial charge on any atom is -0.465 e. The molecule has 36 heavy (non-hydrogen) atoms. The topological polar surface area (TPSA) is 49.9 Å². The third-order valence-electron chi connectivity index (χ3n) is 7.34. The normalized spacial score (nSPS) is 20.7. The first-order valence-electron chi connectivity index (χ1n) is 12.6. The van der Waals surface area contributed by atoms with Gasteiger partial charge in [0, 0.05) is 18.5 Å². The van der Waals surface area contributed by atoms with Crippen molar-refractivity contribution in [2.75, 3.05) is 33.3 Å². The number of carbonyl (C=O) groups excluding carboxylic acids is 2. The molecule has 2 fully saturated rings. The fourth-order valence-corrected chi connectivity index (χ4v) is 5.27. The lowest BCUT2D eigenvalue weighted by Crippen LogP contribution is -2.47. The van der Waals surface area contributed by atoms with Crippen molar-refractivity contribution >= 4 is 11.9 Å². The molecule has 1 saturated heterocycles. The van der Waals surface area contributed by atoms with E-state index in [1.165, 1.54) is 7.11 Å². The minimum atomic E-state index is -4.85. The predicted molar refractivity (Wildman–Crippen MR) is 131 cm³/mol. The molecular weight excluding hydrogens is 469 g/mol. The molecule has 0 bridgehead atoms. The molecule has 1 aliphatic heterocycles. The molecule has 0 spiro atoms. The van der Waals surface area contributed by atoms with E-state index < -0.39 is 12.1 Å². The molecular formula is C28H33F3N2O3. The maximum absolute atomic E-state index is 13.4. The summed E-state index contributed by atoms with van der Waals surface area (Å²) in [7, 11) is 1.36. The first-order chi connectivity index (χ1) is 17.3. The summed E-state index contributed by atoms with van der Waals surface area (Å²) in [5.74, 6) is -2.00. The highest BCUT2D eigenvalue weighted by molar-refractivity contribution is 5.89. The van der Waals surface area contributed by atoms with Gasteiger partial charge in [0.05, 0.1) is 12.7 Å². The lowest BCUT2D eigenvalue weighted by Gasteiger charge is -2.35. The summed E-state index contributed by atoms with van der Waals surface area (Å²) in [5, 5.41) is 0. The molecule has 2 aromatic carbocycles. The van der Waals surface area contributed by atoms with Crippen LogP contribution < -0.4 is 0 Å². The Labute approximate surface area is 210 Å². The van der Waals surface area contributed by atoms with Gasteiger partial charge in [0.2, 0.25) is 0 Å². The van der Waals surface area contributed by atoms with Crippen molar-refractivity contribution in [2.45, 2.75) is 50.2 Å². The van der Waals surface area contributed by atoms with E-state index >= 15 is 0 Å². The minimum absolute atomic E-state index is 0.0183. The van der Waals surface area contributed by atoms with E-state index in [-0.39, 0.29) is 30.4 Å². The standard InChI is InChI=1S/C28H33F3N2O3/c1-36-26(34)23-11-5-7-20(17-23)8-6-14-32-15-12-21(13-16-32)19-33(27(35)28(29,30)31)25-18-24(25)22-9-3-2-4-10-22/h2-5,7,9-11,17,21,24-25H,6,8,12-16,18-19H2,1H3/t24-,25?/m1/s1. The van der Waals surface area contributed by atoms with Crippen molar-refractivity contribution < 1.29 is 27.5 Å². The van der Waals surface area contributed by atoms with Crippen LogP contribution in [0.25, 0.3) is 0 Å². The van der Waals surface area contributed by atoms with Gasteiger partial charge in [0.15, 0.2) is 0 Å². The molecule has 1 heterocycles. The van der Waals surface area contributed by atoms with Gasteiger partial charge >= 0.3 is 18.1 Å². The molecule has 5 nitrogen and oxygen atoms in total. The quantitative estimate of drug-likeness (QED) is 0.450. The summed E-state index contributed by atoms with van der Waals surface area (Å²) >= 11 is 0. The van der Waals surface area contributed by atoms with E-state index in [4.69, 9.17) is 4.74 Å². The Bertz CT molecular complexity index is 1040. The second kappa shape index (κ2) is 11.5. The molecule has 2 aliphatic rings. The molecule has 2 atom stereocenters. The summed E-state index contributed by atoms with van der Waals surface area (Å²) in [4.78, 5) is 27.4. The Balaban J connectivity index is 1.26. The van der Waals surface area contributed by atoms with Crippen molar-refractivity contribution in [3.05, 3.63) is 71.3 Å². The number of esters is 1. The molecule has 2 aromatic rings. The number of piperidine rings is 1. The van der Waals surface area contributed by atoms with E-state index in [0.717, 1.165) is 61.3 Å². The van der Waals surface area contributed by atoms with E-state index in [9.17, 15) is 22.8 Å². The van der Waals surface area contributed by atoms with Crippen molar-refractivity contribution in [3.63, 3.8) is 0 Å². The van der Waals surface area contributed by atoms with Gasteiger partial charge in [0.25, 0.3) is 0 Å². The van der Waals surface area contributed by atoms with Crippen molar-refractivity contribution in [2.24, 2.45) is 5.92 Å². The van der Waals surface area contributed by atoms with Crippen LogP contribution >= 0.6 is 0 Å². The number of benzene rings is 2. The first-order valence-corrected chi connectivity index (χ1v) is 12.6. The molecule has 4 rings (SSSR count). The molecule has 0 radical (unpaired) electrons. The van der Waals surface area contributed by atoms with E-state index in [2.05, 4.69) is 4.90 Å². The van der Waals surface area contributed by atoms with E-state index in [1.54, 1.807) is 6.07 Å². The van der Waals surface area contributed by atoms with E-state index in [1.807, 2.05) is 48.5 Å². The van der Waals surface area contributed by atoms with Crippen LogP contribution in [0.4, 0.5) is 13.2 Å². The zero-order chi connectivity index (χ0) is 25.7. The molecule has 1 unspecified atom stereocenters. The number of ether oxygens (including phenoxy) is 1. The molecule has 1 amide bonds. The van der Waals surface area contributed by atoms with Gasteiger partial charge in [-0.2, -0.15) is 13.2 Å². The Hall–Kier alpha value is -2.87. The lowest BCUT2D eigenvalue weighted by molar-refractivity contribution is -0.187. The van der Waals surface area contributed by atoms with Gasteiger partial charge in [-0.1, -0.05) is 42.5 Å². The number of halogens is 3. The Morgan fingerprint density at radius 2 is 1.78 bits per heavy atom. The summed E-state index contributed by atoms with van der Waals surface area (Å²) in [6, 6.07) is 16.5. The summed E-state index contributed by atoms with van der Waals surface area (Å²) < 4.78 is 44.9. The number of carbonyl (C=O) groups is 2. The number of nitrogens with zero attached hydrogens (tertiary/aromatic N) is 2. The van der Waals surface area contributed by atoms with Gasteiger partial charge in [-0.3, -0.25) is 4.79 Å². The Morgan fingerprint density at radius 1 is 1.06 bits per heavy atom. The number of methoxy groups -OCH3 is 1. The number of likely N-dealkylation sites (tertiary alicyclic amines) is 1. The maximum Gasteiger partial charge on any atom is 0.471 e. The highest BCUT2D eigenvalue weighted by Gasteiger charge is 2.52.